The van der Waals surface area contributed by atoms with E-state index >= 15 is 0 Å². The topological polar surface area (TPSA) is 40.6 Å². The zero-order chi connectivity index (χ0) is 17.1. The Morgan fingerprint density at radius 2 is 2.04 bits per heavy atom. The lowest BCUT2D eigenvalue weighted by molar-refractivity contribution is -0.157. The molecular formula is C17H22ClFN2O2. The van der Waals surface area contributed by atoms with Gasteiger partial charge < -0.3 is 9.80 Å². The molecule has 4 nitrogen and oxygen atoms in total. The molecule has 1 aromatic carbocycles. The first-order valence-corrected chi connectivity index (χ1v) is 8.23. The predicted molar refractivity (Wildman–Crippen MR) is 87.5 cm³/mol. The Kier molecular flexibility index (Phi) is 5.63. The van der Waals surface area contributed by atoms with Gasteiger partial charge >= 0.3 is 0 Å². The molecule has 2 rings (SSSR count). The van der Waals surface area contributed by atoms with E-state index in [0.29, 0.717) is 13.0 Å². The molecule has 1 heterocycles. The Bertz CT molecular complexity index is 606. The number of carbonyl (C=O) groups is 2. The van der Waals surface area contributed by atoms with Crippen molar-refractivity contribution < 1.29 is 14.0 Å². The summed E-state index contributed by atoms with van der Waals surface area (Å²) in [5, 5.41) is 0.0221. The maximum atomic E-state index is 13.3. The molecule has 0 unspecified atom stereocenters. The van der Waals surface area contributed by atoms with E-state index in [9.17, 15) is 14.0 Å². The van der Waals surface area contributed by atoms with Crippen molar-refractivity contribution in [3.63, 3.8) is 0 Å². The standard InChI is InChI=1S/C17H22ClFN2O2/c1-4-20-10-16(22)21(15(17(20)23)7-11(2)3)9-12-5-6-14(19)13(18)8-12/h5-6,8,11,15H,4,7,9-10H2,1-3H3/t15-/m0/s1. The van der Waals surface area contributed by atoms with Gasteiger partial charge in [-0.1, -0.05) is 31.5 Å². The van der Waals surface area contributed by atoms with Gasteiger partial charge in [0.05, 0.1) is 11.6 Å². The number of rotatable bonds is 5. The number of hydrogen-bond donors (Lipinski definition) is 0. The predicted octanol–water partition coefficient (Wildman–Crippen LogP) is 3.08. The van der Waals surface area contributed by atoms with Crippen LogP contribution in [0, 0.1) is 11.7 Å². The molecule has 0 spiro atoms. The highest BCUT2D eigenvalue weighted by Gasteiger charge is 2.38. The van der Waals surface area contributed by atoms with Gasteiger partial charge in [-0.05, 0) is 37.0 Å². The molecular weight excluding hydrogens is 319 g/mol. The Morgan fingerprint density at radius 1 is 1.35 bits per heavy atom. The van der Waals surface area contributed by atoms with E-state index in [1.54, 1.807) is 15.9 Å². The Hall–Kier alpha value is -1.62. The molecule has 0 bridgehead atoms. The van der Waals surface area contributed by atoms with Crippen LogP contribution in [0.2, 0.25) is 5.02 Å². The minimum absolute atomic E-state index is 0.0194. The summed E-state index contributed by atoms with van der Waals surface area (Å²) in [5.41, 5.74) is 0.719. The minimum Gasteiger partial charge on any atom is -0.332 e. The van der Waals surface area contributed by atoms with Crippen LogP contribution in [0.3, 0.4) is 0 Å². The lowest BCUT2D eigenvalue weighted by atomic mass is 9.98. The number of benzene rings is 1. The van der Waals surface area contributed by atoms with E-state index in [1.165, 1.54) is 12.1 Å². The van der Waals surface area contributed by atoms with Gasteiger partial charge in [0.1, 0.15) is 11.9 Å². The van der Waals surface area contributed by atoms with E-state index in [-0.39, 0.29) is 35.8 Å². The van der Waals surface area contributed by atoms with Gasteiger partial charge in [-0.15, -0.1) is 0 Å². The zero-order valence-electron chi connectivity index (χ0n) is 13.7. The zero-order valence-corrected chi connectivity index (χ0v) is 14.4. The number of hydrogen-bond acceptors (Lipinski definition) is 2. The van der Waals surface area contributed by atoms with Gasteiger partial charge in [0.2, 0.25) is 11.8 Å². The minimum atomic E-state index is -0.493. The SMILES string of the molecule is CCN1CC(=O)N(Cc2ccc(F)c(Cl)c2)[C@@H](CC(C)C)C1=O. The largest absolute Gasteiger partial charge is 0.332 e. The summed E-state index contributed by atoms with van der Waals surface area (Å²) in [6.07, 6.45) is 0.607. The smallest absolute Gasteiger partial charge is 0.245 e. The third-order valence-electron chi connectivity index (χ3n) is 4.03. The van der Waals surface area contributed by atoms with Crippen molar-refractivity contribution in [3.8, 4) is 0 Å². The second-order valence-electron chi connectivity index (χ2n) is 6.27. The molecule has 0 saturated carbocycles. The van der Waals surface area contributed by atoms with Crippen LogP contribution in [0.5, 0.6) is 0 Å². The van der Waals surface area contributed by atoms with Crippen molar-refractivity contribution in [1.82, 2.24) is 9.80 Å². The average molecular weight is 341 g/mol. The first-order chi connectivity index (χ1) is 10.8. The molecule has 1 aliphatic rings. The molecule has 1 atom stereocenters. The average Bonchev–Trinajstić information content (AvgIpc) is 2.49. The van der Waals surface area contributed by atoms with Crippen LogP contribution >= 0.6 is 11.6 Å². The van der Waals surface area contributed by atoms with Crippen molar-refractivity contribution in [2.75, 3.05) is 13.1 Å². The number of piperazine rings is 1. The van der Waals surface area contributed by atoms with Crippen LogP contribution < -0.4 is 0 Å². The molecule has 1 aliphatic heterocycles. The van der Waals surface area contributed by atoms with Gasteiger partial charge in [0, 0.05) is 13.1 Å². The Morgan fingerprint density at radius 3 is 2.61 bits per heavy atom. The summed E-state index contributed by atoms with van der Waals surface area (Å²) in [4.78, 5) is 28.3. The fourth-order valence-corrected chi connectivity index (χ4v) is 3.03. The molecule has 0 radical (unpaired) electrons. The Balaban J connectivity index is 2.26. The van der Waals surface area contributed by atoms with Gasteiger partial charge in [-0.3, -0.25) is 9.59 Å². The lowest BCUT2D eigenvalue weighted by Crippen LogP contribution is -2.59. The van der Waals surface area contributed by atoms with Crippen LogP contribution in [-0.2, 0) is 16.1 Å². The highest BCUT2D eigenvalue weighted by Crippen LogP contribution is 2.23. The molecule has 0 N–H and O–H groups in total. The summed E-state index contributed by atoms with van der Waals surface area (Å²) in [6.45, 7) is 6.80. The molecule has 2 amide bonds. The summed E-state index contributed by atoms with van der Waals surface area (Å²) in [5.74, 6) is -0.313. The fraction of sp³-hybridized carbons (Fsp3) is 0.529. The van der Waals surface area contributed by atoms with Crippen molar-refractivity contribution >= 4 is 23.4 Å². The van der Waals surface area contributed by atoms with Gasteiger partial charge in [0.15, 0.2) is 0 Å². The van der Waals surface area contributed by atoms with Crippen LogP contribution in [0.25, 0.3) is 0 Å². The highest BCUT2D eigenvalue weighted by atomic mass is 35.5. The summed E-state index contributed by atoms with van der Waals surface area (Å²) in [6, 6.07) is 3.91. The van der Waals surface area contributed by atoms with Crippen molar-refractivity contribution in [1.29, 1.82) is 0 Å². The van der Waals surface area contributed by atoms with Gasteiger partial charge in [-0.25, -0.2) is 4.39 Å². The quantitative estimate of drug-likeness (QED) is 0.826. The van der Waals surface area contributed by atoms with E-state index in [1.807, 2.05) is 20.8 Å². The van der Waals surface area contributed by atoms with Crippen LogP contribution in [0.1, 0.15) is 32.8 Å². The lowest BCUT2D eigenvalue weighted by Gasteiger charge is -2.40. The second kappa shape index (κ2) is 7.30. The summed E-state index contributed by atoms with van der Waals surface area (Å²) in [7, 11) is 0. The maximum Gasteiger partial charge on any atom is 0.245 e. The Labute approximate surface area is 141 Å². The normalized spacial score (nSPS) is 19.0. The first kappa shape index (κ1) is 17.7. The number of nitrogens with zero attached hydrogens (tertiary/aromatic N) is 2. The summed E-state index contributed by atoms with van der Waals surface area (Å²) < 4.78 is 13.3. The van der Waals surface area contributed by atoms with Gasteiger partial charge in [0.25, 0.3) is 0 Å². The molecule has 23 heavy (non-hydrogen) atoms. The van der Waals surface area contributed by atoms with Crippen LogP contribution in [0.15, 0.2) is 18.2 Å². The maximum absolute atomic E-state index is 13.3. The molecule has 0 aromatic heterocycles. The number of likely N-dealkylation sites (N-methyl/N-ethyl adjacent to an activating group) is 1. The first-order valence-electron chi connectivity index (χ1n) is 7.85. The highest BCUT2D eigenvalue weighted by molar-refractivity contribution is 6.30. The van der Waals surface area contributed by atoms with E-state index in [2.05, 4.69) is 0 Å². The fourth-order valence-electron chi connectivity index (χ4n) is 2.83. The van der Waals surface area contributed by atoms with E-state index in [0.717, 1.165) is 5.56 Å². The number of halogens is 2. The molecule has 126 valence electrons. The van der Waals surface area contributed by atoms with E-state index in [4.69, 9.17) is 11.6 Å². The van der Waals surface area contributed by atoms with Crippen LogP contribution in [-0.4, -0.2) is 40.7 Å². The number of amides is 2. The summed E-state index contributed by atoms with van der Waals surface area (Å²) >= 11 is 5.81. The van der Waals surface area contributed by atoms with Crippen LogP contribution in [0.4, 0.5) is 4.39 Å². The molecule has 1 fully saturated rings. The number of carbonyl (C=O) groups excluding carboxylic acids is 2. The molecule has 1 aromatic rings. The second-order valence-corrected chi connectivity index (χ2v) is 6.68. The molecule has 0 aliphatic carbocycles. The monoisotopic (exact) mass is 340 g/mol. The van der Waals surface area contributed by atoms with Crippen molar-refractivity contribution in [2.24, 2.45) is 5.92 Å². The van der Waals surface area contributed by atoms with Crippen molar-refractivity contribution in [2.45, 2.75) is 39.8 Å². The third kappa shape index (κ3) is 4.02. The van der Waals surface area contributed by atoms with E-state index < -0.39 is 11.9 Å². The molecule has 1 saturated heterocycles. The molecule has 6 heteroatoms. The third-order valence-corrected chi connectivity index (χ3v) is 4.32. The van der Waals surface area contributed by atoms with Gasteiger partial charge in [-0.2, -0.15) is 0 Å². The van der Waals surface area contributed by atoms with Crippen molar-refractivity contribution in [3.05, 3.63) is 34.6 Å².